The minimum Gasteiger partial charge on any atom is -0.396 e. The van der Waals surface area contributed by atoms with Crippen molar-refractivity contribution in [2.75, 3.05) is 19.8 Å². The van der Waals surface area contributed by atoms with Crippen LogP contribution in [-0.4, -0.2) is 34.7 Å². The molecule has 2 heterocycles. The van der Waals surface area contributed by atoms with Crippen molar-refractivity contribution in [3.63, 3.8) is 0 Å². The molecular formula is C14H26N2O3. The van der Waals surface area contributed by atoms with E-state index in [1.54, 1.807) is 10.9 Å². The van der Waals surface area contributed by atoms with Crippen LogP contribution in [0.15, 0.2) is 6.20 Å². The Morgan fingerprint density at radius 3 is 2.32 bits per heavy atom. The average molecular weight is 270 g/mol. The van der Waals surface area contributed by atoms with Crippen LogP contribution < -0.4 is 0 Å². The number of aliphatic hydroxyl groups is 1. The van der Waals surface area contributed by atoms with E-state index in [1.165, 1.54) is 6.42 Å². The largest absolute Gasteiger partial charge is 0.396 e. The van der Waals surface area contributed by atoms with Gasteiger partial charge in [0.25, 0.3) is 0 Å². The molecule has 0 saturated carbocycles. The first-order valence-electron chi connectivity index (χ1n) is 6.80. The van der Waals surface area contributed by atoms with Crippen LogP contribution in [0.5, 0.6) is 0 Å². The number of hydrogen-bond donors (Lipinski definition) is 1. The number of ether oxygens (including phenoxy) is 2. The van der Waals surface area contributed by atoms with Crippen molar-refractivity contribution in [1.29, 1.82) is 0 Å². The van der Waals surface area contributed by atoms with Gasteiger partial charge in [-0.3, -0.25) is 4.68 Å². The molecule has 0 radical (unpaired) electrons. The molecule has 1 aliphatic heterocycles. The molecule has 2 rings (SSSR count). The Kier molecular flexibility index (Phi) is 5.97. The van der Waals surface area contributed by atoms with E-state index in [0.29, 0.717) is 13.2 Å². The highest BCUT2D eigenvalue weighted by Gasteiger charge is 2.34. The van der Waals surface area contributed by atoms with E-state index in [1.807, 2.05) is 20.9 Å². The third-order valence-corrected chi connectivity index (χ3v) is 2.95. The van der Waals surface area contributed by atoms with Gasteiger partial charge in [-0.15, -0.1) is 0 Å². The third-order valence-electron chi connectivity index (χ3n) is 2.95. The highest BCUT2D eigenvalue weighted by atomic mass is 16.7. The quantitative estimate of drug-likeness (QED) is 0.895. The highest BCUT2D eigenvalue weighted by molar-refractivity contribution is 5.17. The highest BCUT2D eigenvalue weighted by Crippen LogP contribution is 2.32. The molecule has 1 saturated heterocycles. The van der Waals surface area contributed by atoms with Crippen LogP contribution in [0.25, 0.3) is 0 Å². The molecule has 19 heavy (non-hydrogen) atoms. The van der Waals surface area contributed by atoms with Crippen molar-refractivity contribution >= 4 is 0 Å². The first-order valence-corrected chi connectivity index (χ1v) is 6.80. The number of aryl methyl sites for hydroxylation is 2. The number of hydrogen-bond acceptors (Lipinski definition) is 4. The van der Waals surface area contributed by atoms with Crippen LogP contribution in [0.1, 0.15) is 44.7 Å². The van der Waals surface area contributed by atoms with Gasteiger partial charge in [-0.05, 0) is 12.5 Å². The molecule has 110 valence electrons. The lowest BCUT2D eigenvalue weighted by molar-refractivity contribution is -0.239. The normalized spacial score (nSPS) is 26.7. The summed E-state index contributed by atoms with van der Waals surface area (Å²) in [4.78, 5) is 0. The van der Waals surface area contributed by atoms with Gasteiger partial charge in [0.1, 0.15) is 0 Å². The first kappa shape index (κ1) is 16.1. The van der Waals surface area contributed by atoms with Crippen molar-refractivity contribution in [2.24, 2.45) is 12.5 Å². The summed E-state index contributed by atoms with van der Waals surface area (Å²) in [6, 6.07) is 0. The van der Waals surface area contributed by atoms with Crippen LogP contribution in [0.4, 0.5) is 0 Å². The number of rotatable bonds is 2. The standard InChI is InChI=1S/C11H18N2O3.C3H8/c1-8-4-12-13(3)9(8)10-15-6-11(2,5-14)7-16-10;1-3-2/h4,10,14H,5-7H2,1-3H3;3H2,1-2H3. The number of nitrogens with zero attached hydrogens (tertiary/aromatic N) is 2. The predicted molar refractivity (Wildman–Crippen MR) is 73.7 cm³/mol. The fourth-order valence-electron chi connectivity index (χ4n) is 1.79. The van der Waals surface area contributed by atoms with Gasteiger partial charge in [0, 0.05) is 12.5 Å². The summed E-state index contributed by atoms with van der Waals surface area (Å²) in [5.41, 5.74) is 1.71. The molecule has 1 aliphatic rings. The zero-order valence-electron chi connectivity index (χ0n) is 12.6. The van der Waals surface area contributed by atoms with Gasteiger partial charge in [-0.2, -0.15) is 5.10 Å². The fourth-order valence-corrected chi connectivity index (χ4v) is 1.79. The van der Waals surface area contributed by atoms with Crippen molar-refractivity contribution < 1.29 is 14.6 Å². The molecule has 0 aromatic carbocycles. The monoisotopic (exact) mass is 270 g/mol. The molecular weight excluding hydrogens is 244 g/mol. The Balaban J connectivity index is 0.000000550. The smallest absolute Gasteiger partial charge is 0.201 e. The summed E-state index contributed by atoms with van der Waals surface area (Å²) in [5.74, 6) is 0. The number of aliphatic hydroxyl groups excluding tert-OH is 1. The Labute approximate surface area is 115 Å². The van der Waals surface area contributed by atoms with Gasteiger partial charge >= 0.3 is 0 Å². The van der Waals surface area contributed by atoms with E-state index in [0.717, 1.165) is 11.3 Å². The Bertz CT molecular complexity index is 363. The summed E-state index contributed by atoms with van der Waals surface area (Å²) in [5, 5.41) is 13.4. The molecule has 0 atom stereocenters. The van der Waals surface area contributed by atoms with Gasteiger partial charge in [-0.1, -0.05) is 27.2 Å². The summed E-state index contributed by atoms with van der Waals surface area (Å²) < 4.78 is 13.1. The van der Waals surface area contributed by atoms with E-state index in [4.69, 9.17) is 9.47 Å². The Hall–Kier alpha value is -0.910. The third kappa shape index (κ3) is 4.03. The van der Waals surface area contributed by atoms with E-state index < -0.39 is 0 Å². The van der Waals surface area contributed by atoms with E-state index in [-0.39, 0.29) is 18.3 Å². The lowest BCUT2D eigenvalue weighted by Crippen LogP contribution is -2.39. The molecule has 1 fully saturated rings. The van der Waals surface area contributed by atoms with Crippen LogP contribution in [-0.2, 0) is 16.5 Å². The molecule has 5 heteroatoms. The van der Waals surface area contributed by atoms with Crippen molar-refractivity contribution in [1.82, 2.24) is 9.78 Å². The van der Waals surface area contributed by atoms with E-state index in [2.05, 4.69) is 18.9 Å². The fraction of sp³-hybridized carbons (Fsp3) is 0.786. The molecule has 1 N–H and O–H groups in total. The second-order valence-electron chi connectivity index (χ2n) is 5.47. The van der Waals surface area contributed by atoms with Crippen LogP contribution >= 0.6 is 0 Å². The first-order chi connectivity index (χ1) is 8.97. The SMILES string of the molecule is CCC.Cc1cnn(C)c1C1OCC(C)(CO)CO1. The van der Waals surface area contributed by atoms with Gasteiger partial charge < -0.3 is 14.6 Å². The van der Waals surface area contributed by atoms with Crippen molar-refractivity contribution in [2.45, 2.75) is 40.4 Å². The minimum absolute atomic E-state index is 0.0735. The van der Waals surface area contributed by atoms with Gasteiger partial charge in [0.15, 0.2) is 0 Å². The maximum atomic E-state index is 9.20. The summed E-state index contributed by atoms with van der Waals surface area (Å²) in [6.07, 6.45) is 2.68. The molecule has 1 aromatic rings. The van der Waals surface area contributed by atoms with Crippen molar-refractivity contribution in [3.8, 4) is 0 Å². The molecule has 0 unspecified atom stereocenters. The van der Waals surface area contributed by atoms with E-state index in [9.17, 15) is 5.11 Å². The Morgan fingerprint density at radius 2 is 1.95 bits per heavy atom. The molecule has 5 nitrogen and oxygen atoms in total. The lowest BCUT2D eigenvalue weighted by Gasteiger charge is -2.36. The number of aromatic nitrogens is 2. The minimum atomic E-state index is -0.368. The van der Waals surface area contributed by atoms with Crippen LogP contribution in [0.3, 0.4) is 0 Å². The van der Waals surface area contributed by atoms with Gasteiger partial charge in [0.05, 0.1) is 31.7 Å². The summed E-state index contributed by atoms with van der Waals surface area (Å²) in [6.45, 7) is 9.25. The zero-order chi connectivity index (χ0) is 14.5. The molecule has 0 bridgehead atoms. The van der Waals surface area contributed by atoms with Crippen LogP contribution in [0.2, 0.25) is 0 Å². The molecule has 0 amide bonds. The predicted octanol–water partition coefficient (Wildman–Crippen LogP) is 2.19. The molecule has 1 aromatic heterocycles. The topological polar surface area (TPSA) is 56.5 Å². The average Bonchev–Trinajstić information content (AvgIpc) is 2.72. The molecule has 0 aliphatic carbocycles. The Morgan fingerprint density at radius 1 is 1.42 bits per heavy atom. The summed E-state index contributed by atoms with van der Waals surface area (Å²) in [7, 11) is 1.87. The lowest BCUT2D eigenvalue weighted by atomic mass is 9.93. The maximum Gasteiger partial charge on any atom is 0.201 e. The van der Waals surface area contributed by atoms with E-state index >= 15 is 0 Å². The summed E-state index contributed by atoms with van der Waals surface area (Å²) >= 11 is 0. The maximum absolute atomic E-state index is 9.20. The molecule has 0 spiro atoms. The zero-order valence-corrected chi connectivity index (χ0v) is 12.6. The van der Waals surface area contributed by atoms with Crippen LogP contribution in [0, 0.1) is 12.3 Å². The second kappa shape index (κ2) is 7.03. The van der Waals surface area contributed by atoms with Gasteiger partial charge in [-0.25, -0.2) is 0 Å². The second-order valence-corrected chi connectivity index (χ2v) is 5.47. The van der Waals surface area contributed by atoms with Crippen molar-refractivity contribution in [3.05, 3.63) is 17.5 Å². The van der Waals surface area contributed by atoms with Gasteiger partial charge in [0.2, 0.25) is 6.29 Å².